The van der Waals surface area contributed by atoms with Crippen molar-refractivity contribution >= 4 is 16.9 Å². The van der Waals surface area contributed by atoms with Crippen LogP contribution in [-0.2, 0) is 11.3 Å². The van der Waals surface area contributed by atoms with E-state index in [0.717, 1.165) is 0 Å². The minimum absolute atomic E-state index is 0.0529. The Balaban J connectivity index is 1.75. The summed E-state index contributed by atoms with van der Waals surface area (Å²) in [5.41, 5.74) is 1.61. The van der Waals surface area contributed by atoms with Crippen molar-refractivity contribution in [2.75, 3.05) is 0 Å². The highest BCUT2D eigenvalue weighted by molar-refractivity contribution is 5.88. The number of furan rings is 1. The van der Waals surface area contributed by atoms with Gasteiger partial charge in [0.05, 0.1) is 23.0 Å². The zero-order valence-corrected chi connectivity index (χ0v) is 10.4. The van der Waals surface area contributed by atoms with Gasteiger partial charge in [-0.25, -0.2) is 14.2 Å². The van der Waals surface area contributed by atoms with E-state index in [2.05, 4.69) is 4.98 Å². The van der Waals surface area contributed by atoms with Crippen LogP contribution in [0.15, 0.2) is 53.3 Å². The van der Waals surface area contributed by atoms with Gasteiger partial charge in [-0.3, -0.25) is 0 Å². The molecule has 2 aromatic heterocycles. The maximum atomic E-state index is 13.0. The summed E-state index contributed by atoms with van der Waals surface area (Å²) in [6.45, 7) is 0.0529. The molecule has 0 bridgehead atoms. The Kier molecular flexibility index (Phi) is 3.16. The molecule has 0 unspecified atom stereocenters. The highest BCUT2D eigenvalue weighted by Crippen LogP contribution is 2.15. The lowest BCUT2D eigenvalue weighted by Crippen LogP contribution is -2.05. The van der Waals surface area contributed by atoms with Crippen LogP contribution in [0, 0.1) is 5.82 Å². The zero-order valence-electron chi connectivity index (χ0n) is 10.4. The van der Waals surface area contributed by atoms with Crippen molar-refractivity contribution in [3.63, 3.8) is 0 Å². The smallest absolute Gasteiger partial charge is 0.341 e. The first-order valence-corrected chi connectivity index (χ1v) is 5.97. The first kappa shape index (κ1) is 12.3. The third-order valence-corrected chi connectivity index (χ3v) is 2.82. The van der Waals surface area contributed by atoms with Crippen LogP contribution in [0.4, 0.5) is 4.39 Å². The zero-order chi connectivity index (χ0) is 13.9. The van der Waals surface area contributed by atoms with Crippen LogP contribution in [0.1, 0.15) is 16.1 Å². The van der Waals surface area contributed by atoms with E-state index in [4.69, 9.17) is 9.15 Å². The summed E-state index contributed by atoms with van der Waals surface area (Å²) in [5, 5.41) is 0.704. The number of aromatic nitrogens is 1. The SMILES string of the molecule is O=C(OCc1ccc2cc(F)ccc2n1)c1ccoc1. The quantitative estimate of drug-likeness (QED) is 0.686. The molecule has 0 amide bonds. The molecule has 1 aromatic carbocycles. The second kappa shape index (κ2) is 5.13. The van der Waals surface area contributed by atoms with Gasteiger partial charge in [-0.15, -0.1) is 0 Å². The maximum Gasteiger partial charge on any atom is 0.341 e. The average Bonchev–Trinajstić information content (AvgIpc) is 2.99. The Bertz CT molecular complexity index is 753. The van der Waals surface area contributed by atoms with Crippen molar-refractivity contribution in [1.82, 2.24) is 4.98 Å². The third-order valence-electron chi connectivity index (χ3n) is 2.82. The summed E-state index contributed by atoms with van der Waals surface area (Å²) in [6.07, 6.45) is 2.72. The van der Waals surface area contributed by atoms with Crippen molar-refractivity contribution in [2.24, 2.45) is 0 Å². The first-order valence-electron chi connectivity index (χ1n) is 5.97. The van der Waals surface area contributed by atoms with E-state index < -0.39 is 5.97 Å². The maximum absolute atomic E-state index is 13.0. The molecule has 20 heavy (non-hydrogen) atoms. The summed E-state index contributed by atoms with van der Waals surface area (Å²) in [4.78, 5) is 15.9. The molecule has 4 nitrogen and oxygen atoms in total. The van der Waals surface area contributed by atoms with Gasteiger partial charge in [0.2, 0.25) is 0 Å². The van der Waals surface area contributed by atoms with Crippen LogP contribution in [0.3, 0.4) is 0 Å². The summed E-state index contributed by atoms with van der Waals surface area (Å²) in [5.74, 6) is -0.779. The summed E-state index contributed by atoms with van der Waals surface area (Å²) in [6, 6.07) is 9.31. The Labute approximate surface area is 113 Å². The van der Waals surface area contributed by atoms with Crippen LogP contribution in [0.5, 0.6) is 0 Å². The van der Waals surface area contributed by atoms with Crippen LogP contribution in [-0.4, -0.2) is 11.0 Å². The molecule has 0 saturated heterocycles. The lowest BCUT2D eigenvalue weighted by atomic mass is 10.2. The number of nitrogens with zero attached hydrogens (tertiary/aromatic N) is 1. The van der Waals surface area contributed by atoms with Crippen molar-refractivity contribution in [2.45, 2.75) is 6.61 Å². The summed E-state index contributed by atoms with van der Waals surface area (Å²) < 4.78 is 23.0. The fraction of sp³-hybridized carbons (Fsp3) is 0.0667. The number of esters is 1. The van der Waals surface area contributed by atoms with Gasteiger partial charge in [0, 0.05) is 5.39 Å². The number of fused-ring (bicyclic) bond motifs is 1. The number of rotatable bonds is 3. The van der Waals surface area contributed by atoms with Gasteiger partial charge in [-0.05, 0) is 30.3 Å². The fourth-order valence-corrected chi connectivity index (χ4v) is 1.82. The van der Waals surface area contributed by atoms with Crippen LogP contribution >= 0.6 is 0 Å². The predicted molar refractivity (Wildman–Crippen MR) is 69.5 cm³/mol. The molecule has 3 rings (SSSR count). The molecular formula is C15H10FNO3. The van der Waals surface area contributed by atoms with E-state index in [-0.39, 0.29) is 12.4 Å². The number of hydrogen-bond acceptors (Lipinski definition) is 4. The van der Waals surface area contributed by atoms with Gasteiger partial charge in [-0.1, -0.05) is 6.07 Å². The molecule has 100 valence electrons. The van der Waals surface area contributed by atoms with Gasteiger partial charge < -0.3 is 9.15 Å². The number of carbonyl (C=O) groups excluding carboxylic acids is 1. The Morgan fingerprint density at radius 3 is 2.95 bits per heavy atom. The largest absolute Gasteiger partial charge is 0.472 e. The lowest BCUT2D eigenvalue weighted by Gasteiger charge is -2.04. The Morgan fingerprint density at radius 1 is 1.25 bits per heavy atom. The average molecular weight is 271 g/mol. The number of pyridine rings is 1. The number of hydrogen-bond donors (Lipinski definition) is 0. The molecule has 0 fully saturated rings. The van der Waals surface area contributed by atoms with Crippen molar-refractivity contribution in [3.05, 3.63) is 66.0 Å². The number of carbonyl (C=O) groups is 1. The van der Waals surface area contributed by atoms with E-state index in [1.54, 1.807) is 18.2 Å². The van der Waals surface area contributed by atoms with E-state index >= 15 is 0 Å². The minimum atomic E-state index is -0.472. The highest BCUT2D eigenvalue weighted by atomic mass is 19.1. The molecule has 0 N–H and O–H groups in total. The predicted octanol–water partition coefficient (Wildman–Crippen LogP) is 3.32. The highest BCUT2D eigenvalue weighted by Gasteiger charge is 2.09. The number of benzene rings is 1. The topological polar surface area (TPSA) is 52.3 Å². The molecule has 3 aromatic rings. The minimum Gasteiger partial charge on any atom is -0.472 e. The number of halogens is 1. The van der Waals surface area contributed by atoms with Gasteiger partial charge >= 0.3 is 5.97 Å². The van der Waals surface area contributed by atoms with Crippen molar-refractivity contribution < 1.29 is 18.3 Å². The van der Waals surface area contributed by atoms with E-state index in [9.17, 15) is 9.18 Å². The van der Waals surface area contributed by atoms with E-state index in [0.29, 0.717) is 22.2 Å². The van der Waals surface area contributed by atoms with Gasteiger partial charge in [0.15, 0.2) is 0 Å². The molecule has 0 saturated carbocycles. The number of ether oxygens (including phenoxy) is 1. The standard InChI is InChI=1S/C15H10FNO3/c16-12-2-4-14-10(7-12)1-3-13(17-14)9-20-15(18)11-5-6-19-8-11/h1-8H,9H2. The molecule has 5 heteroatoms. The lowest BCUT2D eigenvalue weighted by molar-refractivity contribution is 0.0467. The molecule has 0 atom stereocenters. The molecule has 0 aliphatic carbocycles. The molecule has 0 radical (unpaired) electrons. The molecule has 2 heterocycles. The van der Waals surface area contributed by atoms with Crippen LogP contribution in [0.2, 0.25) is 0 Å². The summed E-state index contributed by atoms with van der Waals surface area (Å²) >= 11 is 0. The van der Waals surface area contributed by atoms with Gasteiger partial charge in [0.25, 0.3) is 0 Å². The molecular weight excluding hydrogens is 261 g/mol. The van der Waals surface area contributed by atoms with Gasteiger partial charge in [-0.2, -0.15) is 0 Å². The fourth-order valence-electron chi connectivity index (χ4n) is 1.82. The second-order valence-corrected chi connectivity index (χ2v) is 4.23. The van der Waals surface area contributed by atoms with Gasteiger partial charge in [0.1, 0.15) is 18.7 Å². The molecule has 0 aliphatic heterocycles. The Morgan fingerprint density at radius 2 is 2.15 bits per heavy atom. The Hall–Kier alpha value is -2.69. The molecule has 0 spiro atoms. The second-order valence-electron chi connectivity index (χ2n) is 4.23. The monoisotopic (exact) mass is 271 g/mol. The van der Waals surface area contributed by atoms with Crippen LogP contribution in [0.25, 0.3) is 10.9 Å². The van der Waals surface area contributed by atoms with E-state index in [1.807, 2.05) is 0 Å². The van der Waals surface area contributed by atoms with Crippen LogP contribution < -0.4 is 0 Å². The van der Waals surface area contributed by atoms with Crippen molar-refractivity contribution in [1.29, 1.82) is 0 Å². The van der Waals surface area contributed by atoms with E-state index in [1.165, 1.54) is 30.7 Å². The third kappa shape index (κ3) is 2.51. The molecule has 0 aliphatic rings. The normalized spacial score (nSPS) is 10.7. The van der Waals surface area contributed by atoms with Crippen molar-refractivity contribution in [3.8, 4) is 0 Å². The first-order chi connectivity index (χ1) is 9.72. The summed E-state index contributed by atoms with van der Waals surface area (Å²) in [7, 11) is 0.